The Morgan fingerprint density at radius 1 is 0.750 bits per heavy atom. The van der Waals surface area contributed by atoms with Crippen molar-refractivity contribution in [1.29, 1.82) is 0 Å². The lowest BCUT2D eigenvalue weighted by molar-refractivity contribution is 0.102. The van der Waals surface area contributed by atoms with Crippen LogP contribution in [0.2, 0.25) is 0 Å². The van der Waals surface area contributed by atoms with Gasteiger partial charge in [-0.3, -0.25) is 4.79 Å². The number of carbonyl (C=O) groups is 1. The Morgan fingerprint density at radius 2 is 1.50 bits per heavy atom. The molecule has 0 unspecified atom stereocenters. The molecule has 0 aliphatic heterocycles. The van der Waals surface area contributed by atoms with Crippen molar-refractivity contribution in [3.8, 4) is 11.5 Å². The standard InChI is InChI=1S/C28H33NO3/c1-2-3-4-5-9-20-31-26-17-15-24(16-18-26)28(30)29-25-13-10-14-27(22-25)32-21-19-23-11-7-6-8-12-23/h6-8,10-18,22H,2-5,9,19-21H2,1H3,(H,29,30). The van der Waals surface area contributed by atoms with Crippen molar-refractivity contribution in [3.05, 3.63) is 90.0 Å². The van der Waals surface area contributed by atoms with Gasteiger partial charge in [0.2, 0.25) is 0 Å². The van der Waals surface area contributed by atoms with Crippen molar-refractivity contribution in [2.45, 2.75) is 45.4 Å². The van der Waals surface area contributed by atoms with Gasteiger partial charge in [-0.05, 0) is 48.4 Å². The largest absolute Gasteiger partial charge is 0.494 e. The van der Waals surface area contributed by atoms with Crippen LogP contribution in [0, 0.1) is 0 Å². The van der Waals surface area contributed by atoms with E-state index in [0.29, 0.717) is 24.5 Å². The third-order valence-electron chi connectivity index (χ3n) is 5.23. The highest BCUT2D eigenvalue weighted by molar-refractivity contribution is 6.04. The van der Waals surface area contributed by atoms with Gasteiger partial charge in [-0.25, -0.2) is 0 Å². The number of carbonyl (C=O) groups excluding carboxylic acids is 1. The fourth-order valence-corrected chi connectivity index (χ4v) is 3.40. The summed E-state index contributed by atoms with van der Waals surface area (Å²) >= 11 is 0. The van der Waals surface area contributed by atoms with Crippen LogP contribution in [0.4, 0.5) is 5.69 Å². The van der Waals surface area contributed by atoms with Gasteiger partial charge in [-0.2, -0.15) is 0 Å². The van der Waals surface area contributed by atoms with E-state index in [2.05, 4.69) is 24.4 Å². The van der Waals surface area contributed by atoms with E-state index in [1.165, 1.54) is 31.2 Å². The number of ether oxygens (including phenoxy) is 2. The SMILES string of the molecule is CCCCCCCOc1ccc(C(=O)Nc2cccc(OCCc3ccccc3)c2)cc1. The predicted octanol–water partition coefficient (Wildman–Crippen LogP) is 6.91. The van der Waals surface area contributed by atoms with Crippen molar-refractivity contribution in [3.63, 3.8) is 0 Å². The predicted molar refractivity (Wildman–Crippen MR) is 131 cm³/mol. The number of anilines is 1. The highest BCUT2D eigenvalue weighted by Crippen LogP contribution is 2.19. The van der Waals surface area contributed by atoms with Gasteiger partial charge in [0, 0.05) is 23.7 Å². The Labute approximate surface area is 191 Å². The van der Waals surface area contributed by atoms with Crippen molar-refractivity contribution >= 4 is 11.6 Å². The van der Waals surface area contributed by atoms with Crippen LogP contribution in [0.15, 0.2) is 78.9 Å². The van der Waals surface area contributed by atoms with Gasteiger partial charge in [0.15, 0.2) is 0 Å². The first-order chi connectivity index (χ1) is 15.7. The third kappa shape index (κ3) is 8.10. The molecule has 4 heteroatoms. The van der Waals surface area contributed by atoms with Crippen molar-refractivity contribution in [2.24, 2.45) is 0 Å². The van der Waals surface area contributed by atoms with Gasteiger partial charge in [0.1, 0.15) is 11.5 Å². The summed E-state index contributed by atoms with van der Waals surface area (Å²) in [5, 5.41) is 2.94. The van der Waals surface area contributed by atoms with Gasteiger partial charge >= 0.3 is 0 Å². The maximum atomic E-state index is 12.6. The maximum Gasteiger partial charge on any atom is 0.255 e. The number of benzene rings is 3. The van der Waals surface area contributed by atoms with Crippen LogP contribution < -0.4 is 14.8 Å². The summed E-state index contributed by atoms with van der Waals surface area (Å²) in [5.41, 5.74) is 2.54. The molecule has 0 saturated carbocycles. The molecule has 4 nitrogen and oxygen atoms in total. The summed E-state index contributed by atoms with van der Waals surface area (Å²) in [6.07, 6.45) is 6.89. The minimum Gasteiger partial charge on any atom is -0.494 e. The molecule has 0 aliphatic carbocycles. The van der Waals surface area contributed by atoms with E-state index >= 15 is 0 Å². The van der Waals surface area contributed by atoms with Crippen LogP contribution in [-0.2, 0) is 6.42 Å². The molecule has 3 aromatic rings. The van der Waals surface area contributed by atoms with E-state index in [1.807, 2.05) is 54.6 Å². The summed E-state index contributed by atoms with van der Waals surface area (Å²) in [4.78, 5) is 12.6. The Kier molecular flexibility index (Phi) is 9.66. The minimum atomic E-state index is -0.155. The van der Waals surface area contributed by atoms with E-state index in [-0.39, 0.29) is 5.91 Å². The summed E-state index contributed by atoms with van der Waals surface area (Å²) in [6, 6.07) is 25.0. The van der Waals surface area contributed by atoms with E-state index in [0.717, 1.165) is 24.3 Å². The molecular formula is C28H33NO3. The fourth-order valence-electron chi connectivity index (χ4n) is 3.40. The molecule has 0 heterocycles. The van der Waals surface area contributed by atoms with Crippen LogP contribution in [0.25, 0.3) is 0 Å². The van der Waals surface area contributed by atoms with E-state index in [4.69, 9.17) is 9.47 Å². The second kappa shape index (κ2) is 13.2. The molecule has 0 atom stereocenters. The monoisotopic (exact) mass is 431 g/mol. The molecule has 0 fully saturated rings. The Balaban J connectivity index is 1.44. The van der Waals surface area contributed by atoms with E-state index in [1.54, 1.807) is 12.1 Å². The molecule has 0 aromatic heterocycles. The number of hydrogen-bond acceptors (Lipinski definition) is 3. The molecule has 1 N–H and O–H groups in total. The first-order valence-electron chi connectivity index (χ1n) is 11.6. The van der Waals surface area contributed by atoms with Crippen molar-refractivity contribution in [1.82, 2.24) is 0 Å². The van der Waals surface area contributed by atoms with Gasteiger partial charge in [0.25, 0.3) is 5.91 Å². The number of amides is 1. The molecule has 0 radical (unpaired) electrons. The Hall–Kier alpha value is -3.27. The second-order valence-corrected chi connectivity index (χ2v) is 7.85. The summed E-state index contributed by atoms with van der Waals surface area (Å²) < 4.78 is 11.6. The second-order valence-electron chi connectivity index (χ2n) is 7.85. The van der Waals surface area contributed by atoms with Gasteiger partial charge in [-0.1, -0.05) is 69.0 Å². The topological polar surface area (TPSA) is 47.6 Å². The summed E-state index contributed by atoms with van der Waals surface area (Å²) in [6.45, 7) is 3.51. The van der Waals surface area contributed by atoms with Gasteiger partial charge in [-0.15, -0.1) is 0 Å². The van der Waals surface area contributed by atoms with Gasteiger partial charge in [0.05, 0.1) is 13.2 Å². The third-order valence-corrected chi connectivity index (χ3v) is 5.23. The molecule has 168 valence electrons. The lowest BCUT2D eigenvalue weighted by Crippen LogP contribution is -2.12. The molecule has 0 aliphatic rings. The zero-order valence-corrected chi connectivity index (χ0v) is 18.9. The average molecular weight is 432 g/mol. The van der Waals surface area contributed by atoms with E-state index < -0.39 is 0 Å². The van der Waals surface area contributed by atoms with Crippen LogP contribution in [0.1, 0.15) is 54.9 Å². The van der Waals surface area contributed by atoms with Crippen molar-refractivity contribution < 1.29 is 14.3 Å². The number of nitrogens with one attached hydrogen (secondary N) is 1. The average Bonchev–Trinajstić information content (AvgIpc) is 2.83. The fraction of sp³-hybridized carbons (Fsp3) is 0.321. The minimum absolute atomic E-state index is 0.155. The van der Waals surface area contributed by atoms with Crippen LogP contribution in [0.3, 0.4) is 0 Å². The Morgan fingerprint density at radius 3 is 2.28 bits per heavy atom. The number of unbranched alkanes of at least 4 members (excludes halogenated alkanes) is 4. The Bertz CT molecular complexity index is 938. The highest BCUT2D eigenvalue weighted by Gasteiger charge is 2.07. The molecule has 1 amide bonds. The molecule has 0 spiro atoms. The quantitative estimate of drug-likeness (QED) is 0.299. The normalized spacial score (nSPS) is 10.5. The number of hydrogen-bond donors (Lipinski definition) is 1. The molecule has 32 heavy (non-hydrogen) atoms. The zero-order valence-electron chi connectivity index (χ0n) is 18.9. The van der Waals surface area contributed by atoms with E-state index in [9.17, 15) is 4.79 Å². The first kappa shape index (κ1) is 23.4. The smallest absolute Gasteiger partial charge is 0.255 e. The highest BCUT2D eigenvalue weighted by atomic mass is 16.5. The first-order valence-corrected chi connectivity index (χ1v) is 11.6. The molecular weight excluding hydrogens is 398 g/mol. The van der Waals surface area contributed by atoms with Gasteiger partial charge < -0.3 is 14.8 Å². The molecule has 3 aromatic carbocycles. The zero-order chi connectivity index (χ0) is 22.4. The summed E-state index contributed by atoms with van der Waals surface area (Å²) in [5.74, 6) is 1.38. The number of rotatable bonds is 13. The molecule has 0 bridgehead atoms. The van der Waals surface area contributed by atoms with Crippen LogP contribution >= 0.6 is 0 Å². The van der Waals surface area contributed by atoms with Crippen molar-refractivity contribution in [2.75, 3.05) is 18.5 Å². The van der Waals surface area contributed by atoms with Crippen LogP contribution in [-0.4, -0.2) is 19.1 Å². The maximum absolute atomic E-state index is 12.6. The lowest BCUT2D eigenvalue weighted by Gasteiger charge is -2.10. The lowest BCUT2D eigenvalue weighted by atomic mass is 10.1. The summed E-state index contributed by atoms with van der Waals surface area (Å²) in [7, 11) is 0. The molecule has 3 rings (SSSR count). The van der Waals surface area contributed by atoms with Crippen LogP contribution in [0.5, 0.6) is 11.5 Å². The molecule has 0 saturated heterocycles.